The van der Waals surface area contributed by atoms with E-state index in [0.717, 1.165) is 44.0 Å². The van der Waals surface area contributed by atoms with Crippen molar-refractivity contribution < 1.29 is 9.47 Å². The Morgan fingerprint density at radius 2 is 1.22 bits per heavy atom. The van der Waals surface area contributed by atoms with Gasteiger partial charge in [-0.15, -0.1) is 0 Å². The van der Waals surface area contributed by atoms with Crippen molar-refractivity contribution in [3.05, 3.63) is 47.5 Å². The summed E-state index contributed by atoms with van der Waals surface area (Å²) in [5.74, 6) is 1.88. The molecule has 0 saturated heterocycles. The summed E-state index contributed by atoms with van der Waals surface area (Å²) in [6.45, 7) is 10.1. The second-order valence-electron chi connectivity index (χ2n) is 6.00. The third-order valence-electron chi connectivity index (χ3n) is 3.95. The Morgan fingerprint density at radius 1 is 0.696 bits per heavy atom. The predicted octanol–water partition coefficient (Wildman–Crippen LogP) is 5.94. The highest BCUT2D eigenvalue weighted by Crippen LogP contribution is 2.32. The third-order valence-corrected chi connectivity index (χ3v) is 3.95. The molecule has 0 amide bonds. The van der Waals surface area contributed by atoms with Gasteiger partial charge < -0.3 is 9.47 Å². The van der Waals surface area contributed by atoms with Crippen molar-refractivity contribution in [3.8, 4) is 22.6 Å². The summed E-state index contributed by atoms with van der Waals surface area (Å²) in [5, 5.41) is 0. The zero-order chi connectivity index (χ0) is 16.7. The maximum atomic E-state index is 5.87. The smallest absolute Gasteiger partial charge is 0.119 e. The van der Waals surface area contributed by atoms with Crippen LogP contribution in [0.25, 0.3) is 11.1 Å². The van der Waals surface area contributed by atoms with E-state index in [2.05, 4.69) is 58.0 Å². The summed E-state index contributed by atoms with van der Waals surface area (Å²) >= 11 is 0. The van der Waals surface area contributed by atoms with Gasteiger partial charge in [0.05, 0.1) is 13.2 Å². The Balaban J connectivity index is 2.30. The molecule has 0 saturated carbocycles. The van der Waals surface area contributed by atoms with Gasteiger partial charge in [0.1, 0.15) is 11.5 Å². The predicted molar refractivity (Wildman–Crippen MR) is 97.5 cm³/mol. The monoisotopic (exact) mass is 312 g/mol. The fourth-order valence-corrected chi connectivity index (χ4v) is 2.52. The molecule has 124 valence electrons. The van der Waals surface area contributed by atoms with Gasteiger partial charge in [-0.1, -0.05) is 32.4 Å². The molecule has 0 aliphatic rings. The first-order valence-corrected chi connectivity index (χ1v) is 8.63. The lowest BCUT2D eigenvalue weighted by Gasteiger charge is -2.14. The molecule has 2 nitrogen and oxygen atoms in total. The lowest BCUT2D eigenvalue weighted by Crippen LogP contribution is -1.98. The lowest BCUT2D eigenvalue weighted by molar-refractivity contribution is 0.309. The van der Waals surface area contributed by atoms with Crippen LogP contribution >= 0.6 is 0 Å². The average molecular weight is 312 g/mol. The summed E-state index contributed by atoms with van der Waals surface area (Å²) in [4.78, 5) is 0. The molecule has 2 aromatic carbocycles. The number of rotatable bonds is 8. The number of aryl methyl sites for hydroxylation is 2. The van der Waals surface area contributed by atoms with Gasteiger partial charge in [-0.3, -0.25) is 0 Å². The highest BCUT2D eigenvalue weighted by molar-refractivity contribution is 5.73. The van der Waals surface area contributed by atoms with Crippen molar-refractivity contribution in [1.82, 2.24) is 0 Å². The minimum Gasteiger partial charge on any atom is -0.494 e. The normalized spacial score (nSPS) is 10.6. The zero-order valence-electron chi connectivity index (χ0n) is 14.8. The van der Waals surface area contributed by atoms with Crippen molar-refractivity contribution in [2.45, 2.75) is 47.0 Å². The fourth-order valence-electron chi connectivity index (χ4n) is 2.52. The maximum Gasteiger partial charge on any atom is 0.119 e. The van der Waals surface area contributed by atoms with Crippen LogP contribution in [0.3, 0.4) is 0 Å². The van der Waals surface area contributed by atoms with Crippen LogP contribution in [0, 0.1) is 13.8 Å². The summed E-state index contributed by atoms with van der Waals surface area (Å²) in [6.07, 6.45) is 3.25. The Kier molecular flexibility index (Phi) is 6.52. The van der Waals surface area contributed by atoms with E-state index in [-0.39, 0.29) is 0 Å². The summed E-state index contributed by atoms with van der Waals surface area (Å²) in [5.41, 5.74) is 4.95. The minimum atomic E-state index is 0.752. The van der Waals surface area contributed by atoms with Gasteiger partial charge >= 0.3 is 0 Å². The first-order chi connectivity index (χ1) is 11.2. The van der Waals surface area contributed by atoms with Crippen molar-refractivity contribution in [2.24, 2.45) is 0 Å². The third kappa shape index (κ3) is 4.75. The number of unbranched alkanes of at least 4 members (excludes halogenated alkanes) is 1. The molecule has 2 rings (SSSR count). The molecule has 0 aliphatic heterocycles. The maximum absolute atomic E-state index is 5.87. The van der Waals surface area contributed by atoms with Gasteiger partial charge in [0, 0.05) is 0 Å². The van der Waals surface area contributed by atoms with E-state index in [4.69, 9.17) is 9.47 Å². The Labute approximate surface area is 140 Å². The van der Waals surface area contributed by atoms with E-state index in [0.29, 0.717) is 0 Å². The second kappa shape index (κ2) is 8.61. The summed E-state index contributed by atoms with van der Waals surface area (Å²) < 4.78 is 11.7. The van der Waals surface area contributed by atoms with Crippen molar-refractivity contribution >= 4 is 0 Å². The Morgan fingerprint density at radius 3 is 1.70 bits per heavy atom. The summed E-state index contributed by atoms with van der Waals surface area (Å²) in [6, 6.07) is 12.7. The van der Waals surface area contributed by atoms with Gasteiger partial charge in [0.2, 0.25) is 0 Å². The molecule has 0 aliphatic carbocycles. The molecular weight excluding hydrogens is 284 g/mol. The lowest BCUT2D eigenvalue weighted by atomic mass is 9.96. The molecule has 0 atom stereocenters. The molecule has 0 unspecified atom stereocenters. The highest BCUT2D eigenvalue weighted by atomic mass is 16.5. The number of hydrogen-bond donors (Lipinski definition) is 0. The second-order valence-corrected chi connectivity index (χ2v) is 6.00. The average Bonchev–Trinajstić information content (AvgIpc) is 2.56. The van der Waals surface area contributed by atoms with E-state index in [1.807, 2.05) is 6.07 Å². The van der Waals surface area contributed by atoms with Crippen LogP contribution < -0.4 is 9.47 Å². The zero-order valence-corrected chi connectivity index (χ0v) is 14.8. The van der Waals surface area contributed by atoms with E-state index in [1.54, 1.807) is 0 Å². The molecule has 23 heavy (non-hydrogen) atoms. The minimum absolute atomic E-state index is 0.752. The molecule has 0 N–H and O–H groups in total. The first kappa shape index (κ1) is 17.4. The Bertz CT molecular complexity index is 632. The van der Waals surface area contributed by atoms with E-state index in [1.165, 1.54) is 22.3 Å². The van der Waals surface area contributed by atoms with Crippen LogP contribution in [-0.2, 0) is 0 Å². The first-order valence-electron chi connectivity index (χ1n) is 8.63. The topological polar surface area (TPSA) is 18.5 Å². The van der Waals surface area contributed by atoms with Crippen LogP contribution in [0.15, 0.2) is 36.4 Å². The van der Waals surface area contributed by atoms with E-state index in [9.17, 15) is 0 Å². The molecule has 0 spiro atoms. The van der Waals surface area contributed by atoms with Gasteiger partial charge in [-0.25, -0.2) is 0 Å². The van der Waals surface area contributed by atoms with Crippen LogP contribution in [-0.4, -0.2) is 13.2 Å². The van der Waals surface area contributed by atoms with Crippen molar-refractivity contribution in [3.63, 3.8) is 0 Å². The quantitative estimate of drug-likeness (QED) is 0.562. The largest absolute Gasteiger partial charge is 0.494 e. The van der Waals surface area contributed by atoms with E-state index < -0.39 is 0 Å². The van der Waals surface area contributed by atoms with Crippen LogP contribution in [0.4, 0.5) is 0 Å². The van der Waals surface area contributed by atoms with Crippen LogP contribution in [0.1, 0.15) is 44.2 Å². The van der Waals surface area contributed by atoms with Crippen molar-refractivity contribution in [1.29, 1.82) is 0 Å². The molecule has 0 radical (unpaired) electrons. The van der Waals surface area contributed by atoms with E-state index >= 15 is 0 Å². The molecule has 0 bridgehead atoms. The molecule has 0 fully saturated rings. The number of benzene rings is 2. The SMILES string of the molecule is CCCCOc1ccc(C)c(-c2cc(OCCC)ccc2C)c1. The summed E-state index contributed by atoms with van der Waals surface area (Å²) in [7, 11) is 0. The number of ether oxygens (including phenoxy) is 2. The molecule has 2 heteroatoms. The Hall–Kier alpha value is -1.96. The molecule has 0 aromatic heterocycles. The van der Waals surface area contributed by atoms with Gasteiger partial charge in [0.25, 0.3) is 0 Å². The fraction of sp³-hybridized carbons (Fsp3) is 0.429. The van der Waals surface area contributed by atoms with Crippen molar-refractivity contribution in [2.75, 3.05) is 13.2 Å². The van der Waals surface area contributed by atoms with Gasteiger partial charge in [-0.2, -0.15) is 0 Å². The highest BCUT2D eigenvalue weighted by Gasteiger charge is 2.09. The van der Waals surface area contributed by atoms with Gasteiger partial charge in [-0.05, 0) is 73.2 Å². The molecule has 2 aromatic rings. The molecular formula is C21H28O2. The number of hydrogen-bond acceptors (Lipinski definition) is 2. The van der Waals surface area contributed by atoms with Crippen LogP contribution in [0.5, 0.6) is 11.5 Å². The molecule has 0 heterocycles. The van der Waals surface area contributed by atoms with Gasteiger partial charge in [0.15, 0.2) is 0 Å². The van der Waals surface area contributed by atoms with Crippen LogP contribution in [0.2, 0.25) is 0 Å². The standard InChI is InChI=1S/C21H28O2/c1-5-7-13-23-19-11-9-17(4)21(15-19)20-14-18(22-12-6-2)10-8-16(20)3/h8-11,14-15H,5-7,12-13H2,1-4H3.